The quantitative estimate of drug-likeness (QED) is 0.715. The van der Waals surface area contributed by atoms with Gasteiger partial charge in [-0.2, -0.15) is 0 Å². The molecule has 1 aliphatic rings. The summed E-state index contributed by atoms with van der Waals surface area (Å²) in [4.78, 5) is 8.09. The number of nitrogens with one attached hydrogen (secondary N) is 1. The molecule has 4 nitrogen and oxygen atoms in total. The first-order valence-corrected chi connectivity index (χ1v) is 4.58. The lowest BCUT2D eigenvalue weighted by molar-refractivity contribution is 0.308. The van der Waals surface area contributed by atoms with Crippen LogP contribution in [0.3, 0.4) is 0 Å². The van der Waals surface area contributed by atoms with Crippen molar-refractivity contribution in [3.05, 3.63) is 12.4 Å². The van der Waals surface area contributed by atoms with Gasteiger partial charge in [0.2, 0.25) is 0 Å². The minimum atomic E-state index is 0.465. The second-order valence-corrected chi connectivity index (χ2v) is 3.74. The predicted molar refractivity (Wildman–Crippen MR) is 52.3 cm³/mol. The Morgan fingerprint density at radius 1 is 1.38 bits per heavy atom. The van der Waals surface area contributed by atoms with Crippen LogP contribution < -0.4 is 11.1 Å². The zero-order chi connectivity index (χ0) is 9.26. The van der Waals surface area contributed by atoms with Crippen molar-refractivity contribution in [1.29, 1.82) is 0 Å². The number of nitrogen functional groups attached to an aromatic ring is 1. The summed E-state index contributed by atoms with van der Waals surface area (Å²) in [5, 5.41) is 3.31. The minimum Gasteiger partial charge on any atom is -0.382 e. The van der Waals surface area contributed by atoms with Crippen molar-refractivity contribution < 1.29 is 0 Å². The van der Waals surface area contributed by atoms with E-state index in [0.29, 0.717) is 11.9 Å². The molecular formula is C9H14N4. The molecule has 0 unspecified atom stereocenters. The van der Waals surface area contributed by atoms with E-state index in [1.54, 1.807) is 12.4 Å². The minimum absolute atomic E-state index is 0.465. The summed E-state index contributed by atoms with van der Waals surface area (Å²) in [6.45, 7) is 2.26. The van der Waals surface area contributed by atoms with Crippen LogP contribution in [0.15, 0.2) is 12.4 Å². The van der Waals surface area contributed by atoms with Crippen LogP contribution in [0.4, 0.5) is 11.6 Å². The smallest absolute Gasteiger partial charge is 0.144 e. The summed E-state index contributed by atoms with van der Waals surface area (Å²) < 4.78 is 0. The summed E-state index contributed by atoms with van der Waals surface area (Å²) in [6.07, 6.45) is 5.71. The van der Waals surface area contributed by atoms with Crippen LogP contribution >= 0.6 is 0 Å². The lowest BCUT2D eigenvalue weighted by Crippen LogP contribution is -2.34. The Morgan fingerprint density at radius 3 is 2.69 bits per heavy atom. The molecule has 0 amide bonds. The molecule has 1 aliphatic carbocycles. The molecule has 1 saturated carbocycles. The molecule has 3 N–H and O–H groups in total. The topological polar surface area (TPSA) is 63.8 Å². The van der Waals surface area contributed by atoms with Gasteiger partial charge in [0, 0.05) is 6.04 Å². The van der Waals surface area contributed by atoms with Gasteiger partial charge >= 0.3 is 0 Å². The molecule has 1 heterocycles. The monoisotopic (exact) mass is 178 g/mol. The van der Waals surface area contributed by atoms with Crippen molar-refractivity contribution >= 4 is 11.6 Å². The fourth-order valence-electron chi connectivity index (χ4n) is 1.64. The van der Waals surface area contributed by atoms with Gasteiger partial charge in [-0.05, 0) is 18.8 Å². The van der Waals surface area contributed by atoms with E-state index in [1.807, 2.05) is 0 Å². The van der Waals surface area contributed by atoms with Gasteiger partial charge in [0.25, 0.3) is 0 Å². The second-order valence-electron chi connectivity index (χ2n) is 3.74. The number of nitrogens with two attached hydrogens (primary N) is 1. The lowest BCUT2D eigenvalue weighted by atomic mass is 9.82. The third-order valence-corrected chi connectivity index (χ3v) is 2.40. The number of rotatable bonds is 2. The molecule has 0 aliphatic heterocycles. The number of hydrogen-bond acceptors (Lipinski definition) is 4. The molecule has 0 bridgehead atoms. The van der Waals surface area contributed by atoms with Gasteiger partial charge in [0.1, 0.15) is 11.6 Å². The first-order chi connectivity index (χ1) is 6.24. The van der Waals surface area contributed by atoms with E-state index < -0.39 is 0 Å². The van der Waals surface area contributed by atoms with Crippen molar-refractivity contribution in [3.63, 3.8) is 0 Å². The number of anilines is 2. The maximum absolute atomic E-state index is 5.42. The highest BCUT2D eigenvalue weighted by Crippen LogP contribution is 2.28. The van der Waals surface area contributed by atoms with Crippen LogP contribution in [0.1, 0.15) is 19.8 Å². The molecule has 4 heteroatoms. The number of nitrogens with zero attached hydrogens (tertiary/aromatic N) is 2. The average molecular weight is 178 g/mol. The van der Waals surface area contributed by atoms with Gasteiger partial charge in [0.05, 0.1) is 12.4 Å². The van der Waals surface area contributed by atoms with Gasteiger partial charge in [-0.15, -0.1) is 0 Å². The highest BCUT2D eigenvalue weighted by molar-refractivity contribution is 5.37. The normalized spacial score (nSPS) is 26.5. The summed E-state index contributed by atoms with van der Waals surface area (Å²) in [7, 11) is 0. The molecular weight excluding hydrogens is 164 g/mol. The van der Waals surface area contributed by atoms with E-state index in [1.165, 1.54) is 12.8 Å². The van der Waals surface area contributed by atoms with E-state index in [2.05, 4.69) is 22.2 Å². The number of aromatic nitrogens is 2. The third-order valence-electron chi connectivity index (χ3n) is 2.40. The Bertz CT molecular complexity index is 276. The molecule has 0 saturated heterocycles. The first kappa shape index (κ1) is 8.29. The lowest BCUT2D eigenvalue weighted by Gasteiger charge is -2.33. The highest BCUT2D eigenvalue weighted by atomic mass is 15.1. The maximum Gasteiger partial charge on any atom is 0.144 e. The molecule has 13 heavy (non-hydrogen) atoms. The Balaban J connectivity index is 1.91. The van der Waals surface area contributed by atoms with Crippen LogP contribution in [0.5, 0.6) is 0 Å². The van der Waals surface area contributed by atoms with Crippen LogP contribution in [0, 0.1) is 5.92 Å². The first-order valence-electron chi connectivity index (χ1n) is 4.58. The molecule has 1 aromatic rings. The molecule has 0 radical (unpaired) electrons. The summed E-state index contributed by atoms with van der Waals surface area (Å²) in [6, 6.07) is 0.577. The Morgan fingerprint density at radius 2 is 2.15 bits per heavy atom. The fraction of sp³-hybridized carbons (Fsp3) is 0.556. The maximum atomic E-state index is 5.42. The van der Waals surface area contributed by atoms with E-state index in [4.69, 9.17) is 5.73 Å². The summed E-state index contributed by atoms with van der Waals surface area (Å²) >= 11 is 0. The standard InChI is InChI=1S/C9H14N4/c1-6-2-7(3-6)13-9-5-11-8(10)4-12-9/h4-7H,2-3H2,1H3,(H2,10,11)(H,12,13). The summed E-state index contributed by atoms with van der Waals surface area (Å²) in [5.74, 6) is 2.14. The molecule has 2 rings (SSSR count). The van der Waals surface area contributed by atoms with E-state index in [-0.39, 0.29) is 0 Å². The Kier molecular flexibility index (Phi) is 2.04. The van der Waals surface area contributed by atoms with Gasteiger partial charge in [0.15, 0.2) is 0 Å². The molecule has 0 aromatic carbocycles. The Labute approximate surface area is 77.6 Å². The average Bonchev–Trinajstić information content (AvgIpc) is 2.06. The van der Waals surface area contributed by atoms with Gasteiger partial charge in [-0.1, -0.05) is 6.92 Å². The van der Waals surface area contributed by atoms with Crippen molar-refractivity contribution in [1.82, 2.24) is 9.97 Å². The molecule has 0 spiro atoms. The van der Waals surface area contributed by atoms with Gasteiger partial charge < -0.3 is 11.1 Å². The SMILES string of the molecule is CC1CC(Nc2cnc(N)cn2)C1. The largest absolute Gasteiger partial charge is 0.382 e. The zero-order valence-electron chi connectivity index (χ0n) is 7.70. The molecule has 1 fully saturated rings. The molecule has 0 atom stereocenters. The Hall–Kier alpha value is -1.32. The van der Waals surface area contributed by atoms with Crippen LogP contribution in [0.2, 0.25) is 0 Å². The van der Waals surface area contributed by atoms with E-state index in [0.717, 1.165) is 11.7 Å². The van der Waals surface area contributed by atoms with Crippen molar-refractivity contribution in [2.24, 2.45) is 5.92 Å². The van der Waals surface area contributed by atoms with Crippen LogP contribution in [-0.4, -0.2) is 16.0 Å². The van der Waals surface area contributed by atoms with Crippen molar-refractivity contribution in [2.75, 3.05) is 11.1 Å². The zero-order valence-corrected chi connectivity index (χ0v) is 7.70. The van der Waals surface area contributed by atoms with Gasteiger partial charge in [-0.25, -0.2) is 9.97 Å². The predicted octanol–water partition coefficient (Wildman–Crippen LogP) is 1.27. The van der Waals surface area contributed by atoms with E-state index in [9.17, 15) is 0 Å². The van der Waals surface area contributed by atoms with Crippen LogP contribution in [0.25, 0.3) is 0 Å². The third kappa shape index (κ3) is 1.88. The van der Waals surface area contributed by atoms with Crippen molar-refractivity contribution in [3.8, 4) is 0 Å². The molecule has 70 valence electrons. The second kappa shape index (κ2) is 3.20. The number of hydrogen-bond donors (Lipinski definition) is 2. The van der Waals surface area contributed by atoms with E-state index >= 15 is 0 Å². The highest BCUT2D eigenvalue weighted by Gasteiger charge is 2.25. The summed E-state index contributed by atoms with van der Waals surface area (Å²) in [5.41, 5.74) is 5.42. The molecule has 1 aromatic heterocycles. The van der Waals surface area contributed by atoms with Crippen molar-refractivity contribution in [2.45, 2.75) is 25.8 Å². The van der Waals surface area contributed by atoms with Gasteiger partial charge in [-0.3, -0.25) is 0 Å². The van der Waals surface area contributed by atoms with Crippen LogP contribution in [-0.2, 0) is 0 Å². The fourth-order valence-corrected chi connectivity index (χ4v) is 1.64.